The van der Waals surface area contributed by atoms with Crippen LogP contribution >= 0.6 is 0 Å². The average Bonchev–Trinajstić information content (AvgIpc) is 1.49. The Labute approximate surface area is 744 Å². The van der Waals surface area contributed by atoms with Gasteiger partial charge in [0, 0.05) is 71.5 Å². The van der Waals surface area contributed by atoms with Crippen LogP contribution in [-0.4, -0.2) is 4.57 Å². The van der Waals surface area contributed by atoms with Crippen molar-refractivity contribution in [2.75, 3.05) is 4.90 Å². The summed E-state index contributed by atoms with van der Waals surface area (Å²) in [5.74, 6) is 0. The van der Waals surface area contributed by atoms with Crippen molar-refractivity contribution in [1.82, 2.24) is 4.57 Å². The van der Waals surface area contributed by atoms with Gasteiger partial charge < -0.3 is 18.3 Å². The van der Waals surface area contributed by atoms with Crippen molar-refractivity contribution < 1.29 is 8.83 Å². The van der Waals surface area contributed by atoms with Crippen LogP contribution in [0.25, 0.3) is 116 Å². The molecule has 0 N–H and O–H groups in total. The van der Waals surface area contributed by atoms with Gasteiger partial charge in [0.2, 0.25) is 0 Å². The molecule has 4 nitrogen and oxygen atoms in total. The Hall–Kier alpha value is -12.5. The second kappa shape index (κ2) is 33.1. The molecule has 4 heteroatoms. The van der Waals surface area contributed by atoms with Crippen molar-refractivity contribution in [3.63, 3.8) is 0 Å². The Morgan fingerprint density at radius 1 is 0.254 bits per heavy atom. The molecule has 0 aliphatic heterocycles. The largest absolute Gasteiger partial charge is 0.456 e. The van der Waals surface area contributed by atoms with E-state index in [0.29, 0.717) is 0 Å². The van der Waals surface area contributed by atoms with E-state index in [4.69, 9.17) is 8.83 Å². The highest BCUT2D eigenvalue weighted by Gasteiger charge is 2.56. The second-order valence-corrected chi connectivity index (χ2v) is 37.2. The number of anilines is 3. The fraction of sp³-hybridized carbons (Fsp3) is 0.262. The minimum Gasteiger partial charge on any atom is -0.456 e. The highest BCUT2D eigenvalue weighted by atomic mass is 16.3. The molecule has 624 valence electrons. The first-order valence-corrected chi connectivity index (χ1v) is 48.0. The Morgan fingerprint density at radius 3 is 1.25 bits per heavy atom. The van der Waals surface area contributed by atoms with Gasteiger partial charge in [0.05, 0.1) is 21.9 Å². The lowest BCUT2D eigenvalue weighted by atomic mass is 9.62. The van der Waals surface area contributed by atoms with Crippen molar-refractivity contribution in [3.05, 3.63) is 394 Å². The quantitative estimate of drug-likeness (QED) is 0.0394. The van der Waals surface area contributed by atoms with Crippen molar-refractivity contribution in [1.29, 1.82) is 0 Å². The predicted molar refractivity (Wildman–Crippen MR) is 531 cm³/mol. The molecular weight excluding hydrogens is 1530 g/mol. The van der Waals surface area contributed by atoms with E-state index >= 15 is 0 Å². The lowest BCUT2D eigenvalue weighted by Crippen LogP contribution is -2.33. The third-order valence-electron chi connectivity index (χ3n) is 30.3. The van der Waals surface area contributed by atoms with Crippen molar-refractivity contribution in [2.24, 2.45) is 0 Å². The summed E-state index contributed by atoms with van der Waals surface area (Å²) in [6, 6.07) is 127. The van der Waals surface area contributed by atoms with Crippen LogP contribution in [-0.2, 0) is 21.7 Å². The monoisotopic (exact) mass is 1640 g/mol. The molecule has 0 spiro atoms. The van der Waals surface area contributed by atoms with E-state index in [1.54, 1.807) is 16.7 Å². The maximum atomic E-state index is 7.74. The lowest BCUT2D eigenvalue weighted by Gasteiger charge is -2.40. The number of aromatic nitrogens is 1. The van der Waals surface area contributed by atoms with Gasteiger partial charge in [0.15, 0.2) is 0 Å². The maximum absolute atomic E-state index is 7.74. The van der Waals surface area contributed by atoms with Crippen LogP contribution in [0.4, 0.5) is 17.1 Å². The molecule has 0 amide bonds. The summed E-state index contributed by atoms with van der Waals surface area (Å²) in [6.45, 7) is 9.51. The summed E-state index contributed by atoms with van der Waals surface area (Å²) in [6.07, 6.45) is 29.0. The Bertz CT molecular complexity index is 6990. The number of unbranched alkanes of at least 4 members (excludes halogenated alkanes) is 16. The predicted octanol–water partition coefficient (Wildman–Crippen LogP) is 34.8. The summed E-state index contributed by atoms with van der Waals surface area (Å²) in [5, 5.41) is 7.26. The summed E-state index contributed by atoms with van der Waals surface area (Å²) < 4.78 is 17.2. The Balaban J connectivity index is 0.839. The molecule has 4 aliphatic rings. The van der Waals surface area contributed by atoms with Gasteiger partial charge in [-0.1, -0.05) is 393 Å². The minimum absolute atomic E-state index is 0.220. The third kappa shape index (κ3) is 12.4. The van der Waals surface area contributed by atoms with Gasteiger partial charge in [0.25, 0.3) is 0 Å². The summed E-state index contributed by atoms with van der Waals surface area (Å²) in [5.41, 5.74) is 35.5. The number of hydrogen-bond donors (Lipinski definition) is 0. The molecular formula is C122H114N2O2. The van der Waals surface area contributed by atoms with Gasteiger partial charge in [0.1, 0.15) is 22.3 Å². The number of rotatable bonds is 32. The van der Waals surface area contributed by atoms with Gasteiger partial charge in [-0.15, -0.1) is 0 Å². The zero-order valence-electron chi connectivity index (χ0n) is 73.9. The Morgan fingerprint density at radius 2 is 0.667 bits per heavy atom. The van der Waals surface area contributed by atoms with Crippen LogP contribution in [0.2, 0.25) is 0 Å². The van der Waals surface area contributed by atoms with Crippen LogP contribution in [0.15, 0.2) is 336 Å². The molecule has 3 heterocycles. The molecule has 4 aliphatic carbocycles. The third-order valence-corrected chi connectivity index (χ3v) is 30.3. The number of para-hydroxylation sites is 4. The van der Waals surface area contributed by atoms with Crippen LogP contribution in [0.3, 0.4) is 0 Å². The molecule has 18 aromatic rings. The number of hydrogen-bond acceptors (Lipinski definition) is 3. The molecule has 15 aromatic carbocycles. The smallest absolute Gasteiger partial charge is 0.144 e. The van der Waals surface area contributed by atoms with E-state index in [0.717, 1.165) is 88.7 Å². The summed E-state index contributed by atoms with van der Waals surface area (Å²) >= 11 is 0. The van der Waals surface area contributed by atoms with Gasteiger partial charge in [-0.2, -0.15) is 0 Å². The molecule has 0 unspecified atom stereocenters. The number of benzene rings is 15. The van der Waals surface area contributed by atoms with E-state index in [9.17, 15) is 0 Å². The highest BCUT2D eigenvalue weighted by molar-refractivity contribution is 6.22. The molecule has 0 radical (unpaired) electrons. The van der Waals surface area contributed by atoms with Gasteiger partial charge in [-0.05, 0) is 222 Å². The number of nitrogens with zero attached hydrogens (tertiary/aromatic N) is 2. The van der Waals surface area contributed by atoms with Crippen LogP contribution in [0.1, 0.15) is 249 Å². The van der Waals surface area contributed by atoms with Gasteiger partial charge >= 0.3 is 0 Å². The molecule has 0 atom stereocenters. The van der Waals surface area contributed by atoms with Crippen LogP contribution in [0, 0.1) is 0 Å². The van der Waals surface area contributed by atoms with Crippen molar-refractivity contribution in [2.45, 2.75) is 203 Å². The maximum Gasteiger partial charge on any atom is 0.144 e. The van der Waals surface area contributed by atoms with E-state index in [1.165, 1.54) is 248 Å². The molecule has 0 fully saturated rings. The average molecular weight is 1640 g/mol. The fourth-order valence-electron chi connectivity index (χ4n) is 24.8. The van der Waals surface area contributed by atoms with E-state index in [-0.39, 0.29) is 10.8 Å². The molecule has 22 rings (SSSR count). The van der Waals surface area contributed by atoms with E-state index < -0.39 is 10.8 Å². The van der Waals surface area contributed by atoms with E-state index in [2.05, 4.69) is 365 Å². The summed E-state index contributed by atoms with van der Waals surface area (Å²) in [7, 11) is 0. The molecule has 0 saturated heterocycles. The first-order chi connectivity index (χ1) is 62.4. The van der Waals surface area contributed by atoms with Crippen molar-refractivity contribution in [3.8, 4) is 50.2 Å². The normalized spacial score (nSPS) is 14.4. The van der Waals surface area contributed by atoms with Crippen LogP contribution < -0.4 is 4.90 Å². The minimum atomic E-state index is -0.826. The van der Waals surface area contributed by atoms with Crippen molar-refractivity contribution >= 4 is 82.7 Å². The molecule has 0 bridgehead atoms. The number of furan rings is 2. The standard InChI is InChI=1S/C122H114N2O2/c1-5-9-13-17-44-74-119(75-45-18-14-10-6-2)100-62-40-36-59-93(100)115-117(119)116-113(114-96-61-39-43-65-109(96)126-118(114)115)94-70-67-89(79-102(94)120(116,76-46-19-15-11-7-3)77-47-20-16-12-8-4)123(88-68-72-107-98(78-88)92-58-37-41-63-106(92)124(107)87-56-34-25-35-57-87)90-66-69-91-97-81-105-99(82-104(97)122(103(91)80-90,85-52-30-23-31-53-85)86-54-32-24-33-55-86)111-101(71-73-110-112(111)95-60-38-42-64-108(95)125-110)121(105,83-48-26-21-27-49-83)84-50-28-22-29-51-84/h21-43,48-73,78-82H,5-20,44-47,74-77H2,1-4H3. The van der Waals surface area contributed by atoms with Gasteiger partial charge in [-0.25, -0.2) is 0 Å². The zero-order valence-corrected chi connectivity index (χ0v) is 73.9. The Kier molecular flexibility index (Phi) is 20.9. The number of fused-ring (bicyclic) bond motifs is 25. The SMILES string of the molecule is CCCCCCCC1(CCCCCCC)c2ccccc2-c2c1c1c(c3c2oc2ccccc23)-c2ccc(N(c3ccc4c(c3)C(c3ccccc3)(c3ccccc3)c3cc5c(cc3-4)C(c3ccccc3)(c3ccccc3)c3ccc4oc6ccccc6c4c3-5)c3ccc4c(c3)c3ccccc3n4-c3ccccc3)cc2C1(CCCCCCC)CCCCCCC. The molecule has 3 aromatic heterocycles. The molecule has 0 saturated carbocycles. The van der Waals surface area contributed by atoms with Crippen LogP contribution in [0.5, 0.6) is 0 Å². The lowest BCUT2D eigenvalue weighted by molar-refractivity contribution is 0.369. The highest BCUT2D eigenvalue weighted by Crippen LogP contribution is 2.70. The van der Waals surface area contributed by atoms with E-state index in [1.807, 2.05) is 0 Å². The first kappa shape index (κ1) is 79.4. The topological polar surface area (TPSA) is 34.5 Å². The fourth-order valence-corrected chi connectivity index (χ4v) is 24.8. The molecule has 126 heavy (non-hydrogen) atoms. The zero-order chi connectivity index (χ0) is 84.5. The first-order valence-electron chi connectivity index (χ1n) is 48.0. The second-order valence-electron chi connectivity index (χ2n) is 37.2. The van der Waals surface area contributed by atoms with Gasteiger partial charge in [-0.3, -0.25) is 0 Å². The summed E-state index contributed by atoms with van der Waals surface area (Å²) in [4.78, 5) is 2.71.